The Hall–Kier alpha value is -2.77. The smallest absolute Gasteiger partial charge is 0.251 e. The Morgan fingerprint density at radius 3 is 2.81 bits per heavy atom. The quantitative estimate of drug-likeness (QED) is 0.740. The second kappa shape index (κ2) is 8.28. The Morgan fingerprint density at radius 1 is 1.30 bits per heavy atom. The highest BCUT2D eigenvalue weighted by Crippen LogP contribution is 2.25. The molecule has 7 heteroatoms. The number of likely N-dealkylation sites (tertiary alicyclic amines) is 1. The van der Waals surface area contributed by atoms with E-state index in [9.17, 15) is 9.18 Å². The van der Waals surface area contributed by atoms with E-state index in [0.29, 0.717) is 28.1 Å². The van der Waals surface area contributed by atoms with E-state index in [1.807, 2.05) is 7.05 Å². The van der Waals surface area contributed by atoms with Crippen LogP contribution >= 0.6 is 0 Å². The Balaban J connectivity index is 0.00000102. The van der Waals surface area contributed by atoms with Crippen molar-refractivity contribution in [2.45, 2.75) is 12.5 Å². The standard InChI is InChI=1S/C19H18FN3O2.CH4O/c1-23-8-7-15(11-23)21-18(24)12-5-6-17-16(10-12)22-19(25-17)13-3-2-4-14(20)9-13;1-2/h2-6,9-10,15H,7-8,11H2,1H3,(H,21,24);2H,1H3. The summed E-state index contributed by atoms with van der Waals surface area (Å²) in [7, 11) is 3.04. The number of halogens is 1. The van der Waals surface area contributed by atoms with Crippen molar-refractivity contribution < 1.29 is 18.7 Å². The molecule has 1 aliphatic rings. The minimum absolute atomic E-state index is 0.113. The van der Waals surface area contributed by atoms with Crippen LogP contribution in [0.4, 0.5) is 4.39 Å². The first kappa shape index (κ1) is 19.0. The van der Waals surface area contributed by atoms with Crippen molar-refractivity contribution in [1.29, 1.82) is 0 Å². The minimum Gasteiger partial charge on any atom is -0.436 e. The first-order valence-corrected chi connectivity index (χ1v) is 8.69. The fraction of sp³-hybridized carbons (Fsp3) is 0.300. The lowest BCUT2D eigenvalue weighted by Crippen LogP contribution is -2.36. The molecule has 3 aromatic rings. The maximum absolute atomic E-state index is 13.4. The highest BCUT2D eigenvalue weighted by molar-refractivity contribution is 5.97. The molecule has 2 aromatic carbocycles. The third-order valence-electron chi connectivity index (χ3n) is 4.45. The fourth-order valence-corrected chi connectivity index (χ4v) is 3.14. The van der Waals surface area contributed by atoms with Gasteiger partial charge >= 0.3 is 0 Å². The van der Waals surface area contributed by atoms with Crippen molar-refractivity contribution in [1.82, 2.24) is 15.2 Å². The van der Waals surface area contributed by atoms with Gasteiger partial charge in [0.15, 0.2) is 5.58 Å². The predicted molar refractivity (Wildman–Crippen MR) is 101 cm³/mol. The SMILES string of the molecule is CN1CCC(NC(=O)c2ccc3oc(-c4cccc(F)c4)nc3c2)C1.CO. The monoisotopic (exact) mass is 371 g/mol. The summed E-state index contributed by atoms with van der Waals surface area (Å²) in [5.41, 5.74) is 2.25. The van der Waals surface area contributed by atoms with Gasteiger partial charge in [0.25, 0.3) is 5.91 Å². The molecule has 0 bridgehead atoms. The summed E-state index contributed by atoms with van der Waals surface area (Å²) in [5.74, 6) is -0.122. The molecule has 4 rings (SSSR count). The summed E-state index contributed by atoms with van der Waals surface area (Å²) in [6, 6.07) is 11.4. The van der Waals surface area contributed by atoms with Gasteiger partial charge in [-0.2, -0.15) is 0 Å². The number of carbonyl (C=O) groups is 1. The first-order valence-electron chi connectivity index (χ1n) is 8.69. The molecule has 27 heavy (non-hydrogen) atoms. The van der Waals surface area contributed by atoms with Crippen LogP contribution in [-0.2, 0) is 0 Å². The van der Waals surface area contributed by atoms with Crippen molar-refractivity contribution in [3.05, 3.63) is 53.8 Å². The van der Waals surface area contributed by atoms with Gasteiger partial charge in [-0.3, -0.25) is 4.79 Å². The molecule has 1 amide bonds. The normalized spacial score (nSPS) is 16.8. The van der Waals surface area contributed by atoms with E-state index >= 15 is 0 Å². The Bertz CT molecular complexity index is 941. The molecular formula is C20H22FN3O3. The van der Waals surface area contributed by atoms with E-state index in [2.05, 4.69) is 15.2 Å². The number of nitrogens with zero attached hydrogens (tertiary/aromatic N) is 2. The number of hydrogen-bond donors (Lipinski definition) is 2. The fourth-order valence-electron chi connectivity index (χ4n) is 3.14. The third-order valence-corrected chi connectivity index (χ3v) is 4.45. The summed E-state index contributed by atoms with van der Waals surface area (Å²) in [4.78, 5) is 19.0. The number of amides is 1. The molecule has 142 valence electrons. The van der Waals surface area contributed by atoms with Crippen LogP contribution in [0.5, 0.6) is 0 Å². The lowest BCUT2D eigenvalue weighted by atomic mass is 10.1. The summed E-state index contributed by atoms with van der Waals surface area (Å²) in [6.07, 6.45) is 0.957. The number of oxazole rings is 1. The van der Waals surface area contributed by atoms with Gasteiger partial charge < -0.3 is 19.7 Å². The minimum atomic E-state index is -0.346. The largest absolute Gasteiger partial charge is 0.436 e. The predicted octanol–water partition coefficient (Wildman–Crippen LogP) is 2.68. The average molecular weight is 371 g/mol. The van der Waals surface area contributed by atoms with Crippen LogP contribution in [0.25, 0.3) is 22.6 Å². The summed E-state index contributed by atoms with van der Waals surface area (Å²) < 4.78 is 19.0. The van der Waals surface area contributed by atoms with E-state index in [1.54, 1.807) is 30.3 Å². The zero-order chi connectivity index (χ0) is 19.4. The molecule has 1 fully saturated rings. The van der Waals surface area contributed by atoms with Crippen LogP contribution < -0.4 is 5.32 Å². The van der Waals surface area contributed by atoms with E-state index in [1.165, 1.54) is 12.1 Å². The van der Waals surface area contributed by atoms with Crippen LogP contribution in [0, 0.1) is 5.82 Å². The lowest BCUT2D eigenvalue weighted by Gasteiger charge is -2.12. The van der Waals surface area contributed by atoms with Crippen LogP contribution in [0.2, 0.25) is 0 Å². The van der Waals surface area contributed by atoms with Gasteiger partial charge in [0.1, 0.15) is 11.3 Å². The van der Waals surface area contributed by atoms with Crippen molar-refractivity contribution in [2.75, 3.05) is 27.2 Å². The molecule has 0 radical (unpaired) electrons. The van der Waals surface area contributed by atoms with E-state index in [0.717, 1.165) is 26.6 Å². The van der Waals surface area contributed by atoms with E-state index in [-0.39, 0.29) is 17.8 Å². The van der Waals surface area contributed by atoms with Gasteiger partial charge in [0.05, 0.1) is 0 Å². The second-order valence-electron chi connectivity index (χ2n) is 6.43. The van der Waals surface area contributed by atoms with Gasteiger partial charge in [-0.25, -0.2) is 9.37 Å². The maximum Gasteiger partial charge on any atom is 0.251 e. The van der Waals surface area contributed by atoms with Gasteiger partial charge in [0, 0.05) is 30.8 Å². The van der Waals surface area contributed by atoms with Crippen LogP contribution in [0.1, 0.15) is 16.8 Å². The number of aromatic nitrogens is 1. The number of hydrogen-bond acceptors (Lipinski definition) is 5. The molecule has 1 unspecified atom stereocenters. The Kier molecular flexibility index (Phi) is 5.83. The molecular weight excluding hydrogens is 349 g/mol. The molecule has 1 aliphatic heterocycles. The summed E-state index contributed by atoms with van der Waals surface area (Å²) in [5, 5.41) is 10.0. The second-order valence-corrected chi connectivity index (χ2v) is 6.43. The highest BCUT2D eigenvalue weighted by Gasteiger charge is 2.22. The molecule has 0 saturated carbocycles. The maximum atomic E-state index is 13.4. The van der Waals surface area contributed by atoms with E-state index in [4.69, 9.17) is 9.52 Å². The first-order chi connectivity index (χ1) is 13.1. The Labute approximate surface area is 156 Å². The molecule has 1 saturated heterocycles. The van der Waals surface area contributed by atoms with Crippen molar-refractivity contribution in [3.8, 4) is 11.5 Å². The zero-order valence-electron chi connectivity index (χ0n) is 15.3. The molecule has 1 atom stereocenters. The number of rotatable bonds is 3. The van der Waals surface area contributed by atoms with Crippen molar-refractivity contribution in [2.24, 2.45) is 0 Å². The molecule has 0 aliphatic carbocycles. The number of aliphatic hydroxyl groups excluding tert-OH is 1. The topological polar surface area (TPSA) is 78.6 Å². The van der Waals surface area contributed by atoms with Crippen LogP contribution in [0.15, 0.2) is 46.9 Å². The van der Waals surface area contributed by atoms with E-state index < -0.39 is 0 Å². The van der Waals surface area contributed by atoms with Gasteiger partial charge in [-0.15, -0.1) is 0 Å². The lowest BCUT2D eigenvalue weighted by molar-refractivity contribution is 0.0938. The molecule has 2 N–H and O–H groups in total. The highest BCUT2D eigenvalue weighted by atomic mass is 19.1. The number of aliphatic hydroxyl groups is 1. The van der Waals surface area contributed by atoms with Gasteiger partial charge in [-0.05, 0) is 56.4 Å². The van der Waals surface area contributed by atoms with Crippen molar-refractivity contribution >= 4 is 17.0 Å². The third kappa shape index (κ3) is 4.32. The van der Waals surface area contributed by atoms with Crippen LogP contribution in [-0.4, -0.2) is 54.2 Å². The molecule has 0 spiro atoms. The van der Waals surface area contributed by atoms with Crippen molar-refractivity contribution in [3.63, 3.8) is 0 Å². The zero-order valence-corrected chi connectivity index (χ0v) is 15.3. The van der Waals surface area contributed by atoms with Crippen LogP contribution in [0.3, 0.4) is 0 Å². The number of carbonyl (C=O) groups excluding carboxylic acids is 1. The van der Waals surface area contributed by atoms with Gasteiger partial charge in [0.2, 0.25) is 5.89 Å². The molecule has 2 heterocycles. The molecule has 6 nitrogen and oxygen atoms in total. The van der Waals surface area contributed by atoms with Gasteiger partial charge in [-0.1, -0.05) is 6.07 Å². The molecule has 1 aromatic heterocycles. The number of benzene rings is 2. The average Bonchev–Trinajstić information content (AvgIpc) is 3.28. The number of fused-ring (bicyclic) bond motifs is 1. The summed E-state index contributed by atoms with van der Waals surface area (Å²) in [6.45, 7) is 1.85. The summed E-state index contributed by atoms with van der Waals surface area (Å²) >= 11 is 0. The number of likely N-dealkylation sites (N-methyl/N-ethyl adjacent to an activating group) is 1. The number of nitrogens with one attached hydrogen (secondary N) is 1. The Morgan fingerprint density at radius 2 is 2.11 bits per heavy atom.